The maximum absolute atomic E-state index is 13.8. The predicted molar refractivity (Wildman–Crippen MR) is 104 cm³/mol. The second-order valence-corrected chi connectivity index (χ2v) is 7.11. The normalized spacial score (nSPS) is 16.5. The van der Waals surface area contributed by atoms with Gasteiger partial charge in [0.1, 0.15) is 11.6 Å². The molecule has 2 aromatic carbocycles. The number of nitrogens with one attached hydrogen (secondary N) is 2. The molecule has 6 nitrogen and oxygen atoms in total. The van der Waals surface area contributed by atoms with Crippen LogP contribution in [0.2, 0.25) is 0 Å². The number of nitrogens with zero attached hydrogens (tertiary/aromatic N) is 1. The quantitative estimate of drug-likeness (QED) is 0.614. The van der Waals surface area contributed by atoms with Gasteiger partial charge in [0, 0.05) is 37.8 Å². The van der Waals surface area contributed by atoms with Gasteiger partial charge in [0.25, 0.3) is 0 Å². The Balaban J connectivity index is 1.38. The molecule has 0 radical (unpaired) electrons. The van der Waals surface area contributed by atoms with Gasteiger partial charge in [-0.25, -0.2) is 9.18 Å². The number of benzene rings is 2. The van der Waals surface area contributed by atoms with Crippen molar-refractivity contribution in [3.8, 4) is 5.75 Å². The molecule has 2 aromatic rings. The van der Waals surface area contributed by atoms with E-state index in [9.17, 15) is 19.4 Å². The second kappa shape index (κ2) is 9.52. The highest BCUT2D eigenvalue weighted by molar-refractivity contribution is 5.74. The van der Waals surface area contributed by atoms with Crippen molar-refractivity contribution in [2.45, 2.75) is 31.5 Å². The minimum absolute atomic E-state index is 0.0507. The SMILES string of the molecule is O=C(NC[C@H](O)c1cccc(O)c1)NC1CCN(Cc2ccccc2F)CC1. The van der Waals surface area contributed by atoms with Gasteiger partial charge in [-0.15, -0.1) is 0 Å². The van der Waals surface area contributed by atoms with Crippen LogP contribution in [0, 0.1) is 5.82 Å². The molecule has 1 heterocycles. The third-order valence-electron chi connectivity index (χ3n) is 4.99. The Bertz CT molecular complexity index is 794. The van der Waals surface area contributed by atoms with Gasteiger partial charge in [0.2, 0.25) is 0 Å². The molecule has 0 unspecified atom stereocenters. The van der Waals surface area contributed by atoms with E-state index in [1.807, 2.05) is 6.07 Å². The second-order valence-electron chi connectivity index (χ2n) is 7.11. The van der Waals surface area contributed by atoms with Crippen LogP contribution in [0.25, 0.3) is 0 Å². The number of carbonyl (C=O) groups is 1. The monoisotopic (exact) mass is 387 g/mol. The van der Waals surface area contributed by atoms with Gasteiger partial charge < -0.3 is 20.8 Å². The molecule has 1 aliphatic rings. The minimum atomic E-state index is -0.888. The minimum Gasteiger partial charge on any atom is -0.508 e. The summed E-state index contributed by atoms with van der Waals surface area (Å²) < 4.78 is 13.8. The largest absolute Gasteiger partial charge is 0.508 e. The van der Waals surface area contributed by atoms with Gasteiger partial charge in [0.05, 0.1) is 6.10 Å². The summed E-state index contributed by atoms with van der Waals surface area (Å²) in [6, 6.07) is 12.8. The summed E-state index contributed by atoms with van der Waals surface area (Å²) in [5, 5.41) is 25.1. The first kappa shape index (κ1) is 20.1. The molecule has 150 valence electrons. The number of urea groups is 1. The van der Waals surface area contributed by atoms with Crippen molar-refractivity contribution in [2.75, 3.05) is 19.6 Å². The number of aliphatic hydroxyl groups excluding tert-OH is 1. The smallest absolute Gasteiger partial charge is 0.315 e. The number of hydrogen-bond acceptors (Lipinski definition) is 4. The van der Waals surface area contributed by atoms with Gasteiger partial charge in [-0.1, -0.05) is 30.3 Å². The Morgan fingerprint density at radius 1 is 1.18 bits per heavy atom. The molecule has 1 fully saturated rings. The Hall–Kier alpha value is -2.64. The number of amides is 2. The molecular weight excluding hydrogens is 361 g/mol. The molecule has 0 saturated carbocycles. The summed E-state index contributed by atoms with van der Waals surface area (Å²) in [6.45, 7) is 2.19. The van der Waals surface area contributed by atoms with Crippen molar-refractivity contribution in [3.63, 3.8) is 0 Å². The van der Waals surface area contributed by atoms with Crippen LogP contribution >= 0.6 is 0 Å². The van der Waals surface area contributed by atoms with Gasteiger partial charge in [-0.3, -0.25) is 4.90 Å². The molecule has 7 heteroatoms. The zero-order valence-electron chi connectivity index (χ0n) is 15.6. The number of piperidine rings is 1. The lowest BCUT2D eigenvalue weighted by Crippen LogP contribution is -2.48. The first-order chi connectivity index (χ1) is 13.5. The van der Waals surface area contributed by atoms with Crippen molar-refractivity contribution in [1.82, 2.24) is 15.5 Å². The topological polar surface area (TPSA) is 84.8 Å². The molecule has 0 aliphatic carbocycles. The molecule has 2 amide bonds. The van der Waals surface area contributed by atoms with E-state index in [2.05, 4.69) is 15.5 Å². The zero-order chi connectivity index (χ0) is 19.9. The maximum Gasteiger partial charge on any atom is 0.315 e. The molecule has 0 aromatic heterocycles. The lowest BCUT2D eigenvalue weighted by Gasteiger charge is -2.32. The van der Waals surface area contributed by atoms with Crippen molar-refractivity contribution in [2.24, 2.45) is 0 Å². The van der Waals surface area contributed by atoms with E-state index in [0.29, 0.717) is 17.7 Å². The Morgan fingerprint density at radius 3 is 2.64 bits per heavy atom. The fraction of sp³-hybridized carbons (Fsp3) is 0.381. The maximum atomic E-state index is 13.8. The third-order valence-corrected chi connectivity index (χ3v) is 4.99. The van der Waals surface area contributed by atoms with E-state index in [0.717, 1.165) is 25.9 Å². The van der Waals surface area contributed by atoms with Crippen molar-refractivity contribution in [3.05, 3.63) is 65.5 Å². The van der Waals surface area contributed by atoms with Crippen LogP contribution in [-0.4, -0.2) is 46.8 Å². The summed E-state index contributed by atoms with van der Waals surface area (Å²) in [5.41, 5.74) is 1.23. The van der Waals surface area contributed by atoms with E-state index in [4.69, 9.17) is 0 Å². The number of hydrogen-bond donors (Lipinski definition) is 4. The summed E-state index contributed by atoms with van der Waals surface area (Å²) >= 11 is 0. The van der Waals surface area contributed by atoms with Gasteiger partial charge in [-0.2, -0.15) is 0 Å². The number of phenolic OH excluding ortho intramolecular Hbond substituents is 1. The molecule has 1 aliphatic heterocycles. The van der Waals surface area contributed by atoms with Gasteiger partial charge in [-0.05, 0) is 36.6 Å². The number of aliphatic hydroxyl groups is 1. The van der Waals surface area contributed by atoms with Crippen LogP contribution in [0.5, 0.6) is 5.75 Å². The molecule has 28 heavy (non-hydrogen) atoms. The average Bonchev–Trinajstić information content (AvgIpc) is 2.69. The Kier molecular flexibility index (Phi) is 6.84. The number of likely N-dealkylation sites (tertiary alicyclic amines) is 1. The van der Waals surface area contributed by atoms with E-state index < -0.39 is 6.10 Å². The molecule has 0 spiro atoms. The first-order valence-electron chi connectivity index (χ1n) is 9.48. The number of carbonyl (C=O) groups excluding carboxylic acids is 1. The Morgan fingerprint density at radius 2 is 1.93 bits per heavy atom. The van der Waals surface area contributed by atoms with Crippen LogP contribution in [0.4, 0.5) is 9.18 Å². The highest BCUT2D eigenvalue weighted by Crippen LogP contribution is 2.18. The standard InChI is InChI=1S/C21H26FN3O3/c22-19-7-2-1-4-16(19)14-25-10-8-17(9-11-25)24-21(28)23-13-20(27)15-5-3-6-18(26)12-15/h1-7,12,17,20,26-27H,8-11,13-14H2,(H2,23,24,28)/t20-/m0/s1. The molecule has 3 rings (SSSR count). The van der Waals surface area contributed by atoms with Gasteiger partial charge >= 0.3 is 6.03 Å². The van der Waals surface area contributed by atoms with E-state index in [1.54, 1.807) is 24.3 Å². The number of phenols is 1. The zero-order valence-corrected chi connectivity index (χ0v) is 15.6. The Labute approximate surface area is 164 Å². The van der Waals surface area contributed by atoms with Crippen molar-refractivity contribution >= 4 is 6.03 Å². The average molecular weight is 387 g/mol. The number of rotatable bonds is 6. The van der Waals surface area contributed by atoms with Crippen molar-refractivity contribution in [1.29, 1.82) is 0 Å². The third kappa shape index (κ3) is 5.68. The number of aromatic hydroxyl groups is 1. The molecule has 4 N–H and O–H groups in total. The molecule has 1 saturated heterocycles. The summed E-state index contributed by atoms with van der Waals surface area (Å²) in [6.07, 6.45) is 0.689. The van der Waals surface area contributed by atoms with Crippen molar-refractivity contribution < 1.29 is 19.4 Å². The first-order valence-corrected chi connectivity index (χ1v) is 9.48. The molecular formula is C21H26FN3O3. The predicted octanol–water partition coefficient (Wildman–Crippen LogP) is 2.53. The van der Waals surface area contributed by atoms with Crippen LogP contribution < -0.4 is 10.6 Å². The molecule has 1 atom stereocenters. The summed E-state index contributed by atoms with van der Waals surface area (Å²) in [5.74, 6) is -0.115. The highest BCUT2D eigenvalue weighted by atomic mass is 19.1. The van der Waals surface area contributed by atoms with Crippen LogP contribution in [-0.2, 0) is 6.54 Å². The lowest BCUT2D eigenvalue weighted by atomic mass is 10.0. The van der Waals surface area contributed by atoms with E-state index in [1.165, 1.54) is 18.2 Å². The van der Waals surface area contributed by atoms with Gasteiger partial charge in [0.15, 0.2) is 0 Å². The highest BCUT2D eigenvalue weighted by Gasteiger charge is 2.21. The van der Waals surface area contributed by atoms with Crippen LogP contribution in [0.1, 0.15) is 30.1 Å². The fourth-order valence-electron chi connectivity index (χ4n) is 3.38. The lowest BCUT2D eigenvalue weighted by molar-refractivity contribution is 0.167. The van der Waals surface area contributed by atoms with Crippen LogP contribution in [0.3, 0.4) is 0 Å². The molecule has 0 bridgehead atoms. The van der Waals surface area contributed by atoms with E-state index >= 15 is 0 Å². The number of halogens is 1. The fourth-order valence-corrected chi connectivity index (χ4v) is 3.38. The summed E-state index contributed by atoms with van der Waals surface area (Å²) in [7, 11) is 0. The summed E-state index contributed by atoms with van der Waals surface area (Å²) in [4.78, 5) is 14.3. The van der Waals surface area contributed by atoms with Crippen LogP contribution in [0.15, 0.2) is 48.5 Å². The van der Waals surface area contributed by atoms with E-state index in [-0.39, 0.29) is 30.2 Å².